The van der Waals surface area contributed by atoms with Gasteiger partial charge in [-0.15, -0.1) is 34.0 Å². The van der Waals surface area contributed by atoms with Crippen molar-refractivity contribution in [3.63, 3.8) is 0 Å². The maximum atomic E-state index is 15.0. The summed E-state index contributed by atoms with van der Waals surface area (Å²) in [7, 11) is 0. The fourth-order valence-corrected chi connectivity index (χ4v) is 12.6. The number of halogens is 2. The molecule has 9 heteroatoms. The Kier molecular flexibility index (Phi) is 8.91. The van der Waals surface area contributed by atoms with E-state index in [0.29, 0.717) is 0 Å². The van der Waals surface area contributed by atoms with E-state index < -0.39 is 0 Å². The third kappa shape index (κ3) is 5.04. The molecule has 47 heavy (non-hydrogen) atoms. The first-order valence-electron chi connectivity index (χ1n) is 17.3. The smallest absolute Gasteiger partial charge is 0.263 e. The van der Waals surface area contributed by atoms with E-state index in [0.717, 1.165) is 121 Å². The summed E-state index contributed by atoms with van der Waals surface area (Å²) in [4.78, 5) is 29.9. The summed E-state index contributed by atoms with van der Waals surface area (Å²) in [6, 6.07) is 4.37. The first kappa shape index (κ1) is 32.2. The molecule has 8 rings (SSSR count). The number of nitrogens with zero attached hydrogens (tertiary/aromatic N) is 2. The van der Waals surface area contributed by atoms with Crippen molar-refractivity contribution in [2.24, 2.45) is 0 Å². The number of aryl methyl sites for hydroxylation is 2. The van der Waals surface area contributed by atoms with Crippen LogP contribution in [0.2, 0.25) is 0 Å². The molecule has 7 aromatic heterocycles. The van der Waals surface area contributed by atoms with Crippen LogP contribution in [0.3, 0.4) is 0 Å². The number of thiophene rings is 3. The van der Waals surface area contributed by atoms with Gasteiger partial charge in [-0.05, 0) is 80.8 Å². The molecule has 0 aliphatic heterocycles. The van der Waals surface area contributed by atoms with Crippen molar-refractivity contribution in [3.8, 4) is 0 Å². The molecule has 0 unspecified atom stereocenters. The van der Waals surface area contributed by atoms with Crippen molar-refractivity contribution in [1.29, 1.82) is 0 Å². The molecular weight excluding hydrogens is 772 g/mol. The molecule has 0 amide bonds. The zero-order chi connectivity index (χ0) is 32.4. The maximum Gasteiger partial charge on any atom is 0.263 e. The second-order valence-electron chi connectivity index (χ2n) is 13.2. The van der Waals surface area contributed by atoms with Gasteiger partial charge in [0.25, 0.3) is 11.1 Å². The molecule has 0 atom stereocenters. The molecule has 0 fully saturated rings. The van der Waals surface area contributed by atoms with E-state index in [-0.39, 0.29) is 11.1 Å². The molecule has 0 spiro atoms. The molecule has 0 bridgehead atoms. The molecule has 244 valence electrons. The second kappa shape index (κ2) is 13.0. The van der Waals surface area contributed by atoms with Crippen molar-refractivity contribution >= 4 is 128 Å². The molecule has 7 heterocycles. The number of fused-ring (bicyclic) bond motifs is 8. The summed E-state index contributed by atoms with van der Waals surface area (Å²) in [5.41, 5.74) is 6.26. The van der Waals surface area contributed by atoms with Crippen LogP contribution in [-0.2, 0) is 12.8 Å². The van der Waals surface area contributed by atoms with Crippen LogP contribution in [0.5, 0.6) is 0 Å². The number of rotatable bonds is 14. The van der Waals surface area contributed by atoms with Crippen LogP contribution in [0.1, 0.15) is 102 Å². The van der Waals surface area contributed by atoms with Gasteiger partial charge in [0, 0.05) is 21.5 Å². The van der Waals surface area contributed by atoms with Crippen molar-refractivity contribution in [2.75, 3.05) is 0 Å². The summed E-state index contributed by atoms with van der Waals surface area (Å²) in [6.07, 6.45) is 16.0. The van der Waals surface area contributed by atoms with Crippen molar-refractivity contribution in [3.05, 3.63) is 63.7 Å². The Morgan fingerprint density at radius 2 is 0.979 bits per heavy atom. The van der Waals surface area contributed by atoms with E-state index in [1.54, 1.807) is 34.0 Å². The van der Waals surface area contributed by atoms with E-state index in [2.05, 4.69) is 68.6 Å². The van der Waals surface area contributed by atoms with Crippen LogP contribution >= 0.6 is 65.9 Å². The Morgan fingerprint density at radius 3 is 1.40 bits per heavy atom. The lowest BCUT2D eigenvalue weighted by atomic mass is 9.87. The van der Waals surface area contributed by atoms with Crippen LogP contribution in [0.15, 0.2) is 41.4 Å². The van der Waals surface area contributed by atoms with Crippen molar-refractivity contribution in [2.45, 2.75) is 104 Å². The maximum absolute atomic E-state index is 15.0. The van der Waals surface area contributed by atoms with E-state index >= 15 is 0 Å². The summed E-state index contributed by atoms with van der Waals surface area (Å²) >= 11 is 12.7. The van der Waals surface area contributed by atoms with Gasteiger partial charge in [-0.3, -0.25) is 18.4 Å². The minimum absolute atomic E-state index is 0.0693. The Balaban J connectivity index is 1.46. The minimum atomic E-state index is 0.0693. The summed E-state index contributed by atoms with van der Waals surface area (Å²) in [5, 5.41) is 7.93. The highest BCUT2D eigenvalue weighted by Crippen LogP contribution is 2.48. The largest absolute Gasteiger partial charge is 0.273 e. The Bertz CT molecular complexity index is 2360. The summed E-state index contributed by atoms with van der Waals surface area (Å²) in [6.45, 7) is 4.51. The van der Waals surface area contributed by atoms with E-state index in [1.165, 1.54) is 51.4 Å². The second-order valence-corrected chi connectivity index (χ2v) is 17.7. The summed E-state index contributed by atoms with van der Waals surface area (Å²) in [5.74, 6) is 0. The lowest BCUT2D eigenvalue weighted by molar-refractivity contribution is 0.600. The molecule has 0 saturated carbocycles. The quantitative estimate of drug-likeness (QED) is 0.0811. The van der Waals surface area contributed by atoms with Gasteiger partial charge in [-0.1, -0.05) is 78.1 Å². The zero-order valence-electron chi connectivity index (χ0n) is 26.9. The van der Waals surface area contributed by atoms with Crippen LogP contribution < -0.4 is 11.1 Å². The topological polar surface area (TPSA) is 43.0 Å². The van der Waals surface area contributed by atoms with Gasteiger partial charge in [-0.25, -0.2) is 0 Å². The molecule has 0 aliphatic rings. The number of hydrogen-bond donors (Lipinski definition) is 0. The Hall–Kier alpha value is -2.04. The first-order valence-corrected chi connectivity index (χ1v) is 21.4. The van der Waals surface area contributed by atoms with Crippen molar-refractivity contribution < 1.29 is 0 Å². The van der Waals surface area contributed by atoms with Gasteiger partial charge in [0.05, 0.1) is 60.6 Å². The minimum Gasteiger partial charge on any atom is -0.273 e. The third-order valence-corrected chi connectivity index (χ3v) is 15.1. The fourth-order valence-electron chi connectivity index (χ4n) is 7.99. The van der Waals surface area contributed by atoms with Gasteiger partial charge in [-0.2, -0.15) is 0 Å². The van der Waals surface area contributed by atoms with E-state index in [1.807, 2.05) is 8.80 Å². The average Bonchev–Trinajstić information content (AvgIpc) is 3.87. The van der Waals surface area contributed by atoms with E-state index in [4.69, 9.17) is 0 Å². The number of hydrogen-bond acceptors (Lipinski definition) is 5. The molecule has 8 aromatic rings. The van der Waals surface area contributed by atoms with Gasteiger partial charge >= 0.3 is 0 Å². The molecule has 0 aliphatic carbocycles. The highest BCUT2D eigenvalue weighted by atomic mass is 79.9. The SMILES string of the molecule is CCCCCCCCc1c(CCCCCCCC)c2c(=O)n3c(cc4scc(Br)c43)c3sc4c(c1c(=O)n1c4cc4scc(Br)c41)c23. The van der Waals surface area contributed by atoms with Crippen molar-refractivity contribution in [1.82, 2.24) is 8.80 Å². The Morgan fingerprint density at radius 1 is 0.574 bits per heavy atom. The molecule has 1 aromatic carbocycles. The number of pyridine rings is 2. The standard InChI is InChI=1S/C38H38Br2N2O2S3/c1-3-5-7-9-11-13-15-21-22(16-14-12-10-8-6-4-2)30-32-31-29(21)37(43)41-25(17-27-33(41)23(39)19-45-27)35(31)47-36(32)26-18-28-34(24(40)20-46-28)42(26)38(30)44/h17-20H,3-16H2,1-2H3. The zero-order valence-corrected chi connectivity index (χ0v) is 32.5. The monoisotopic (exact) mass is 808 g/mol. The van der Waals surface area contributed by atoms with Crippen LogP contribution in [0.4, 0.5) is 0 Å². The van der Waals surface area contributed by atoms with Gasteiger partial charge < -0.3 is 0 Å². The number of benzene rings is 1. The molecule has 0 saturated heterocycles. The lowest BCUT2D eigenvalue weighted by Crippen LogP contribution is -2.19. The lowest BCUT2D eigenvalue weighted by Gasteiger charge is -2.17. The summed E-state index contributed by atoms with van der Waals surface area (Å²) < 4.78 is 10.4. The first-order chi connectivity index (χ1) is 23.0. The average molecular weight is 811 g/mol. The number of aromatic nitrogens is 2. The fraction of sp³-hybridized carbons (Fsp3) is 0.421. The van der Waals surface area contributed by atoms with Crippen LogP contribution in [0.25, 0.3) is 62.4 Å². The van der Waals surface area contributed by atoms with E-state index in [9.17, 15) is 9.59 Å². The van der Waals surface area contributed by atoms with Crippen LogP contribution in [0, 0.1) is 0 Å². The van der Waals surface area contributed by atoms with Gasteiger partial charge in [0.2, 0.25) is 0 Å². The predicted molar refractivity (Wildman–Crippen MR) is 214 cm³/mol. The highest BCUT2D eigenvalue weighted by molar-refractivity contribution is 9.11. The Labute approximate surface area is 302 Å². The predicted octanol–water partition coefficient (Wildman–Crippen LogP) is 13.1. The molecule has 0 radical (unpaired) electrons. The molecule has 0 N–H and O–H groups in total. The molecule has 4 nitrogen and oxygen atoms in total. The van der Waals surface area contributed by atoms with Gasteiger partial charge in [0.1, 0.15) is 0 Å². The van der Waals surface area contributed by atoms with Gasteiger partial charge in [0.15, 0.2) is 0 Å². The normalized spacial score (nSPS) is 12.8. The third-order valence-electron chi connectivity index (χ3n) is 10.2. The number of unbranched alkanes of at least 4 members (excludes halogenated alkanes) is 10. The molecular formula is C38H38Br2N2O2S3. The van der Waals surface area contributed by atoms with Crippen LogP contribution in [-0.4, -0.2) is 8.80 Å². The highest BCUT2D eigenvalue weighted by Gasteiger charge is 2.29.